The summed E-state index contributed by atoms with van der Waals surface area (Å²) in [5, 5.41) is 17.9. The quantitative estimate of drug-likeness (QED) is 0.636. The Morgan fingerprint density at radius 2 is 1.87 bits per heavy atom. The summed E-state index contributed by atoms with van der Waals surface area (Å²) in [6.07, 6.45) is 3.54. The fourth-order valence-electron chi connectivity index (χ4n) is 3.54. The second-order valence-corrected chi connectivity index (χ2v) is 8.42. The fourth-order valence-corrected chi connectivity index (χ4v) is 3.54. The van der Waals surface area contributed by atoms with E-state index in [1.165, 1.54) is 0 Å². The van der Waals surface area contributed by atoms with Crippen molar-refractivity contribution in [3.05, 3.63) is 30.1 Å². The number of aromatic nitrogens is 4. The first-order valence-electron chi connectivity index (χ1n) is 10.6. The van der Waals surface area contributed by atoms with E-state index < -0.39 is 23.7 Å². The molecule has 0 saturated heterocycles. The third-order valence-electron chi connectivity index (χ3n) is 4.83. The minimum atomic E-state index is -0.933. The predicted octanol–water partition coefficient (Wildman–Crippen LogP) is 3.85. The van der Waals surface area contributed by atoms with Crippen LogP contribution in [0.1, 0.15) is 71.3 Å². The zero-order valence-corrected chi connectivity index (χ0v) is 18.4. The number of anilines is 2. The number of carbonyl (C=O) groups is 2. The molecule has 1 fully saturated rings. The van der Waals surface area contributed by atoms with Crippen LogP contribution in [0.4, 0.5) is 16.2 Å². The van der Waals surface area contributed by atoms with Gasteiger partial charge in [0.2, 0.25) is 0 Å². The molecule has 0 spiro atoms. The molecule has 2 N–H and O–H groups in total. The van der Waals surface area contributed by atoms with Crippen LogP contribution in [0.15, 0.2) is 24.3 Å². The average Bonchev–Trinajstić information content (AvgIpc) is 3.37. The largest absolute Gasteiger partial charge is 0.464 e. The smallest absolute Gasteiger partial charge is 0.412 e. The van der Waals surface area contributed by atoms with Gasteiger partial charge >= 0.3 is 12.1 Å². The highest BCUT2D eigenvalue weighted by atomic mass is 16.6. The zero-order chi connectivity index (χ0) is 22.4. The van der Waals surface area contributed by atoms with Crippen LogP contribution in [0.3, 0.4) is 0 Å². The molecular weight excluding hydrogens is 400 g/mol. The highest BCUT2D eigenvalue weighted by molar-refractivity contribution is 5.91. The fraction of sp³-hybridized carbons (Fsp3) is 0.571. The molecule has 168 valence electrons. The molecule has 1 atom stereocenters. The Morgan fingerprint density at radius 1 is 1.19 bits per heavy atom. The molecule has 31 heavy (non-hydrogen) atoms. The number of hydrogen-bond acceptors (Lipinski definition) is 8. The number of para-hydroxylation sites is 2. The normalized spacial score (nSPS) is 15.4. The van der Waals surface area contributed by atoms with Crippen molar-refractivity contribution in [2.45, 2.75) is 71.1 Å². The van der Waals surface area contributed by atoms with Gasteiger partial charge in [-0.1, -0.05) is 25.0 Å². The maximum Gasteiger partial charge on any atom is 0.412 e. The molecule has 1 amide bonds. The summed E-state index contributed by atoms with van der Waals surface area (Å²) < 4.78 is 12.3. The van der Waals surface area contributed by atoms with Crippen molar-refractivity contribution < 1.29 is 19.1 Å². The van der Waals surface area contributed by atoms with E-state index in [4.69, 9.17) is 9.47 Å². The SMILES string of the molecule is CCOC(=O)C(Nc1ccccc1NC(=O)OC(C)(C)C)c1nnnn1C1CCCC1. The lowest BCUT2D eigenvalue weighted by molar-refractivity contribution is -0.144. The van der Waals surface area contributed by atoms with Crippen LogP contribution in [0.5, 0.6) is 0 Å². The average molecular weight is 431 g/mol. The summed E-state index contributed by atoms with van der Waals surface area (Å²) >= 11 is 0. The number of amides is 1. The molecule has 10 nitrogen and oxygen atoms in total. The molecule has 3 rings (SSSR count). The van der Waals surface area contributed by atoms with Crippen LogP contribution in [-0.2, 0) is 14.3 Å². The van der Waals surface area contributed by atoms with Gasteiger partial charge in [0.15, 0.2) is 11.9 Å². The molecule has 10 heteroatoms. The van der Waals surface area contributed by atoms with E-state index in [1.807, 2.05) is 0 Å². The summed E-state index contributed by atoms with van der Waals surface area (Å²) in [4.78, 5) is 25.1. The van der Waals surface area contributed by atoms with Crippen molar-refractivity contribution in [1.82, 2.24) is 20.2 Å². The van der Waals surface area contributed by atoms with Crippen LogP contribution in [-0.4, -0.2) is 44.5 Å². The number of benzene rings is 1. The van der Waals surface area contributed by atoms with E-state index >= 15 is 0 Å². The van der Waals surface area contributed by atoms with E-state index in [1.54, 1.807) is 56.6 Å². The molecule has 1 aromatic carbocycles. The lowest BCUT2D eigenvalue weighted by Gasteiger charge is -2.23. The first-order valence-corrected chi connectivity index (χ1v) is 10.6. The summed E-state index contributed by atoms with van der Waals surface area (Å²) in [6, 6.07) is 6.26. The van der Waals surface area contributed by atoms with Crippen molar-refractivity contribution in [3.8, 4) is 0 Å². The maximum atomic E-state index is 12.8. The van der Waals surface area contributed by atoms with Gasteiger partial charge in [-0.05, 0) is 63.1 Å². The second kappa shape index (κ2) is 9.76. The molecule has 1 saturated carbocycles. The Balaban J connectivity index is 1.87. The number of carbonyl (C=O) groups excluding carboxylic acids is 2. The molecule has 1 aromatic heterocycles. The Bertz CT molecular complexity index is 901. The van der Waals surface area contributed by atoms with Crippen LogP contribution in [0.25, 0.3) is 0 Å². The lowest BCUT2D eigenvalue weighted by atomic mass is 10.2. The Labute approximate surface area is 181 Å². The summed E-state index contributed by atoms with van der Waals surface area (Å²) in [7, 11) is 0. The molecular formula is C21H30N6O4. The van der Waals surface area contributed by atoms with E-state index in [0.717, 1.165) is 25.7 Å². The van der Waals surface area contributed by atoms with Crippen LogP contribution >= 0.6 is 0 Å². The zero-order valence-electron chi connectivity index (χ0n) is 18.4. The maximum absolute atomic E-state index is 12.8. The van der Waals surface area contributed by atoms with E-state index in [-0.39, 0.29) is 12.6 Å². The highest BCUT2D eigenvalue weighted by Crippen LogP contribution is 2.32. The topological polar surface area (TPSA) is 120 Å². The van der Waals surface area contributed by atoms with Gasteiger partial charge < -0.3 is 14.8 Å². The summed E-state index contributed by atoms with van der Waals surface area (Å²) in [6.45, 7) is 7.33. The van der Waals surface area contributed by atoms with Gasteiger partial charge in [0.25, 0.3) is 0 Å². The molecule has 0 radical (unpaired) electrons. The van der Waals surface area contributed by atoms with Gasteiger partial charge in [-0.25, -0.2) is 14.3 Å². The number of rotatable bonds is 7. The molecule has 1 unspecified atom stereocenters. The van der Waals surface area contributed by atoms with Crippen molar-refractivity contribution in [2.75, 3.05) is 17.2 Å². The monoisotopic (exact) mass is 430 g/mol. The Morgan fingerprint density at radius 3 is 2.52 bits per heavy atom. The first kappa shape index (κ1) is 22.5. The van der Waals surface area contributed by atoms with Crippen molar-refractivity contribution in [3.63, 3.8) is 0 Å². The van der Waals surface area contributed by atoms with E-state index in [0.29, 0.717) is 17.2 Å². The van der Waals surface area contributed by atoms with Crippen molar-refractivity contribution in [2.24, 2.45) is 0 Å². The van der Waals surface area contributed by atoms with Gasteiger partial charge in [-0.15, -0.1) is 5.10 Å². The van der Waals surface area contributed by atoms with Gasteiger partial charge in [-0.2, -0.15) is 0 Å². The highest BCUT2D eigenvalue weighted by Gasteiger charge is 2.32. The van der Waals surface area contributed by atoms with E-state index in [2.05, 4.69) is 26.2 Å². The number of tetrazole rings is 1. The number of hydrogen-bond donors (Lipinski definition) is 2. The molecule has 1 aliphatic rings. The number of ether oxygens (including phenoxy) is 2. The molecule has 1 aliphatic carbocycles. The van der Waals surface area contributed by atoms with E-state index in [9.17, 15) is 9.59 Å². The predicted molar refractivity (Wildman–Crippen MR) is 115 cm³/mol. The van der Waals surface area contributed by atoms with Crippen LogP contribution in [0, 0.1) is 0 Å². The van der Waals surface area contributed by atoms with Crippen LogP contribution < -0.4 is 10.6 Å². The summed E-state index contributed by atoms with van der Waals surface area (Å²) in [5.41, 5.74) is 0.349. The minimum Gasteiger partial charge on any atom is -0.464 e. The number of esters is 1. The second-order valence-electron chi connectivity index (χ2n) is 8.42. The Hall–Kier alpha value is -3.17. The standard InChI is InChI=1S/C21H30N6O4/c1-5-30-19(28)17(18-24-25-26-27(18)14-10-6-7-11-14)22-15-12-8-9-13-16(15)23-20(29)31-21(2,3)4/h8-9,12-14,17,22H,5-7,10-11H2,1-4H3,(H,23,29). The van der Waals surface area contributed by atoms with Crippen molar-refractivity contribution >= 4 is 23.4 Å². The van der Waals surface area contributed by atoms with Crippen LogP contribution in [0.2, 0.25) is 0 Å². The molecule has 1 heterocycles. The van der Waals surface area contributed by atoms with Gasteiger partial charge in [-0.3, -0.25) is 5.32 Å². The van der Waals surface area contributed by atoms with Gasteiger partial charge in [0.1, 0.15) is 5.60 Å². The Kier molecular flexibility index (Phi) is 7.09. The third-order valence-corrected chi connectivity index (χ3v) is 4.83. The van der Waals surface area contributed by atoms with Gasteiger partial charge in [0.05, 0.1) is 24.0 Å². The van der Waals surface area contributed by atoms with Gasteiger partial charge in [0, 0.05) is 0 Å². The summed E-state index contributed by atoms with van der Waals surface area (Å²) in [5.74, 6) is -0.110. The third kappa shape index (κ3) is 5.93. The number of nitrogens with zero attached hydrogens (tertiary/aromatic N) is 4. The lowest BCUT2D eigenvalue weighted by Crippen LogP contribution is -2.29. The molecule has 2 aromatic rings. The minimum absolute atomic E-state index is 0.152. The molecule has 0 aliphatic heterocycles. The number of nitrogens with one attached hydrogen (secondary N) is 2. The molecule has 0 bridgehead atoms. The van der Waals surface area contributed by atoms with Crippen molar-refractivity contribution in [1.29, 1.82) is 0 Å². The first-order chi connectivity index (χ1) is 14.8.